The minimum atomic E-state index is 0.505. The Morgan fingerprint density at radius 1 is 1.00 bits per heavy atom. The summed E-state index contributed by atoms with van der Waals surface area (Å²) in [5, 5.41) is 3.11. The highest BCUT2D eigenvalue weighted by molar-refractivity contribution is 14.1. The van der Waals surface area contributed by atoms with Crippen LogP contribution in [0.4, 0.5) is 11.4 Å². The Labute approximate surface area is 119 Å². The number of nitrogens with two attached hydrogens (primary N) is 1. The van der Waals surface area contributed by atoms with Crippen LogP contribution in [0.5, 0.6) is 0 Å². The van der Waals surface area contributed by atoms with Gasteiger partial charge in [0.05, 0.1) is 5.69 Å². The molecule has 4 nitrogen and oxygen atoms in total. The zero-order valence-corrected chi connectivity index (χ0v) is 11.8. The maximum Gasteiger partial charge on any atom is 0.215 e. The molecule has 0 unspecified atom stereocenters. The molecule has 0 atom stereocenters. The average molecular weight is 352 g/mol. The predicted molar refractivity (Wildman–Crippen MR) is 83.6 cm³/mol. The molecule has 2 aromatic rings. The van der Waals surface area contributed by atoms with Crippen molar-refractivity contribution >= 4 is 39.9 Å². The molecule has 0 saturated carbocycles. The Hall–Kier alpha value is -1.60. The van der Waals surface area contributed by atoms with Crippen LogP contribution in [-0.4, -0.2) is 5.96 Å². The van der Waals surface area contributed by atoms with Gasteiger partial charge >= 0.3 is 0 Å². The van der Waals surface area contributed by atoms with Crippen LogP contribution in [0.3, 0.4) is 0 Å². The first-order chi connectivity index (χ1) is 8.79. The van der Waals surface area contributed by atoms with E-state index in [-0.39, 0.29) is 0 Å². The number of nitrogens with zero attached hydrogens (tertiary/aromatic N) is 1. The zero-order chi connectivity index (χ0) is 12.8. The molecule has 0 aliphatic heterocycles. The topological polar surface area (TPSA) is 62.4 Å². The van der Waals surface area contributed by atoms with E-state index in [1.165, 1.54) is 0 Å². The highest BCUT2D eigenvalue weighted by Crippen LogP contribution is 2.20. The van der Waals surface area contributed by atoms with Gasteiger partial charge < -0.3 is 5.32 Å². The molecule has 0 spiro atoms. The zero-order valence-electron chi connectivity index (χ0n) is 9.60. The van der Waals surface area contributed by atoms with Crippen LogP contribution in [0.1, 0.15) is 0 Å². The summed E-state index contributed by atoms with van der Waals surface area (Å²) in [5.74, 6) is 5.98. The highest BCUT2D eigenvalue weighted by Gasteiger charge is 2.00. The third-order valence-electron chi connectivity index (χ3n) is 2.26. The van der Waals surface area contributed by atoms with Crippen molar-refractivity contribution in [2.75, 3.05) is 5.32 Å². The minimum Gasteiger partial charge on any atom is -0.325 e. The fourth-order valence-electron chi connectivity index (χ4n) is 1.42. The molecule has 2 rings (SSSR count). The van der Waals surface area contributed by atoms with Crippen LogP contribution >= 0.6 is 22.6 Å². The van der Waals surface area contributed by atoms with Crippen LogP contribution in [0.15, 0.2) is 59.6 Å². The van der Waals surface area contributed by atoms with Gasteiger partial charge in [-0.15, -0.1) is 0 Å². The Morgan fingerprint density at radius 2 is 1.67 bits per heavy atom. The van der Waals surface area contributed by atoms with E-state index in [4.69, 9.17) is 5.84 Å². The van der Waals surface area contributed by atoms with Crippen LogP contribution in [0.25, 0.3) is 0 Å². The molecular weight excluding hydrogens is 339 g/mol. The van der Waals surface area contributed by atoms with Crippen molar-refractivity contribution in [1.82, 2.24) is 5.43 Å². The maximum atomic E-state index is 5.47. The second kappa shape index (κ2) is 6.36. The highest BCUT2D eigenvalue weighted by atomic mass is 127. The summed E-state index contributed by atoms with van der Waals surface area (Å²) in [6, 6.07) is 17.6. The molecular formula is C13H13IN4. The lowest BCUT2D eigenvalue weighted by molar-refractivity contribution is 1.02. The summed E-state index contributed by atoms with van der Waals surface area (Å²) < 4.78 is 1.07. The number of para-hydroxylation sites is 2. The van der Waals surface area contributed by atoms with Crippen molar-refractivity contribution in [1.29, 1.82) is 0 Å². The predicted octanol–water partition coefficient (Wildman–Crippen LogP) is 2.85. The third-order valence-corrected chi connectivity index (χ3v) is 3.17. The molecule has 0 saturated heterocycles. The molecule has 0 aliphatic rings. The van der Waals surface area contributed by atoms with E-state index < -0.39 is 0 Å². The molecule has 0 fully saturated rings. The molecule has 0 bridgehead atoms. The molecule has 4 N–H and O–H groups in total. The van der Waals surface area contributed by atoms with Gasteiger partial charge in [0.1, 0.15) is 0 Å². The fraction of sp³-hybridized carbons (Fsp3) is 0. The van der Waals surface area contributed by atoms with E-state index in [0.717, 1.165) is 14.9 Å². The summed E-state index contributed by atoms with van der Waals surface area (Å²) in [5.41, 5.74) is 4.36. The van der Waals surface area contributed by atoms with Crippen molar-refractivity contribution in [3.63, 3.8) is 0 Å². The number of benzene rings is 2. The van der Waals surface area contributed by atoms with Gasteiger partial charge in [0.2, 0.25) is 5.96 Å². The van der Waals surface area contributed by atoms with Gasteiger partial charge in [-0.05, 0) is 46.9 Å². The van der Waals surface area contributed by atoms with E-state index in [2.05, 4.69) is 38.3 Å². The van der Waals surface area contributed by atoms with Crippen molar-refractivity contribution in [3.05, 3.63) is 58.2 Å². The number of hydrogen-bond acceptors (Lipinski definition) is 2. The van der Waals surface area contributed by atoms with Crippen molar-refractivity contribution < 1.29 is 0 Å². The first-order valence-electron chi connectivity index (χ1n) is 5.41. The smallest absolute Gasteiger partial charge is 0.215 e. The van der Waals surface area contributed by atoms with Crippen LogP contribution in [0, 0.1) is 3.57 Å². The molecule has 0 heterocycles. The van der Waals surface area contributed by atoms with Gasteiger partial charge in [0.25, 0.3) is 0 Å². The number of halogens is 1. The monoisotopic (exact) mass is 352 g/mol. The number of rotatable bonds is 2. The summed E-state index contributed by atoms with van der Waals surface area (Å²) in [7, 11) is 0. The summed E-state index contributed by atoms with van der Waals surface area (Å²) in [6.45, 7) is 0. The van der Waals surface area contributed by atoms with E-state index in [0.29, 0.717) is 5.96 Å². The van der Waals surface area contributed by atoms with E-state index in [1.54, 1.807) is 0 Å². The average Bonchev–Trinajstić information content (AvgIpc) is 2.41. The van der Waals surface area contributed by atoms with Gasteiger partial charge in [0, 0.05) is 9.26 Å². The third kappa shape index (κ3) is 3.44. The van der Waals surface area contributed by atoms with Crippen molar-refractivity contribution in [2.45, 2.75) is 0 Å². The lowest BCUT2D eigenvalue weighted by atomic mass is 10.3. The molecule has 18 heavy (non-hydrogen) atoms. The molecule has 0 aliphatic carbocycles. The lowest BCUT2D eigenvalue weighted by Gasteiger charge is -2.09. The fourth-order valence-corrected chi connectivity index (χ4v) is 1.93. The van der Waals surface area contributed by atoms with Crippen molar-refractivity contribution in [2.24, 2.45) is 10.8 Å². The van der Waals surface area contributed by atoms with Crippen molar-refractivity contribution in [3.8, 4) is 0 Å². The summed E-state index contributed by atoms with van der Waals surface area (Å²) in [6.07, 6.45) is 0. The molecule has 0 aromatic heterocycles. The number of anilines is 1. The normalized spacial score (nSPS) is 11.1. The van der Waals surface area contributed by atoms with E-state index in [9.17, 15) is 0 Å². The SMILES string of the molecule is NNC(=Nc1ccccc1I)Nc1ccccc1. The Kier molecular flexibility index (Phi) is 4.54. The molecule has 2 aromatic carbocycles. The lowest BCUT2D eigenvalue weighted by Crippen LogP contribution is -2.36. The minimum absolute atomic E-state index is 0.505. The van der Waals surface area contributed by atoms with E-state index in [1.807, 2.05) is 54.6 Å². The standard InChI is InChI=1S/C13H13IN4/c14-11-8-4-5-9-12(11)17-13(18-15)16-10-6-2-1-3-7-10/h1-9H,15H2,(H2,16,17,18). The van der Waals surface area contributed by atoms with Gasteiger partial charge in [-0.3, -0.25) is 5.43 Å². The summed E-state index contributed by atoms with van der Waals surface area (Å²) in [4.78, 5) is 4.43. The molecule has 5 heteroatoms. The second-order valence-electron chi connectivity index (χ2n) is 3.55. The quantitative estimate of drug-likeness (QED) is 0.256. The molecule has 0 radical (unpaired) electrons. The van der Waals surface area contributed by atoms with E-state index >= 15 is 0 Å². The number of nitrogens with one attached hydrogen (secondary N) is 2. The Balaban J connectivity index is 2.21. The Bertz CT molecular complexity index is 540. The summed E-state index contributed by atoms with van der Waals surface area (Å²) >= 11 is 2.24. The van der Waals surface area contributed by atoms with Gasteiger partial charge in [-0.25, -0.2) is 10.8 Å². The second-order valence-corrected chi connectivity index (χ2v) is 4.71. The largest absolute Gasteiger partial charge is 0.325 e. The number of hydrogen-bond donors (Lipinski definition) is 3. The maximum absolute atomic E-state index is 5.47. The number of hydrazine groups is 1. The molecule has 92 valence electrons. The van der Waals surface area contributed by atoms with Gasteiger partial charge in [0.15, 0.2) is 0 Å². The van der Waals surface area contributed by atoms with Gasteiger partial charge in [-0.1, -0.05) is 30.3 Å². The first kappa shape index (κ1) is 12.8. The van der Waals surface area contributed by atoms with Crippen LogP contribution in [0.2, 0.25) is 0 Å². The Morgan fingerprint density at radius 3 is 2.33 bits per heavy atom. The van der Waals surface area contributed by atoms with Crippen LogP contribution in [-0.2, 0) is 0 Å². The van der Waals surface area contributed by atoms with Gasteiger partial charge in [-0.2, -0.15) is 0 Å². The van der Waals surface area contributed by atoms with Crippen LogP contribution < -0.4 is 16.6 Å². The number of guanidine groups is 1. The first-order valence-corrected chi connectivity index (χ1v) is 6.49. The number of aliphatic imine (C=N–C) groups is 1. The molecule has 0 amide bonds.